The molecule has 0 aliphatic heterocycles. The van der Waals surface area contributed by atoms with Gasteiger partial charge in [-0.1, -0.05) is 64.2 Å². The van der Waals surface area contributed by atoms with E-state index >= 15 is 0 Å². The third-order valence-electron chi connectivity index (χ3n) is 3.53. The molecule has 0 radical (unpaired) electrons. The average Bonchev–Trinajstić information content (AvgIpc) is 2.58. The molecule has 0 saturated carbocycles. The Kier molecular flexibility index (Phi) is 10.0. The van der Waals surface area contributed by atoms with E-state index in [2.05, 4.69) is 80.9 Å². The van der Waals surface area contributed by atoms with Gasteiger partial charge < -0.3 is 0 Å². The van der Waals surface area contributed by atoms with Crippen molar-refractivity contribution < 1.29 is 0 Å². The van der Waals surface area contributed by atoms with Crippen LogP contribution in [0.2, 0.25) is 0 Å². The molecule has 2 rings (SSSR count). The molecule has 0 spiro atoms. The summed E-state index contributed by atoms with van der Waals surface area (Å²) in [6, 6.07) is 12.7. The predicted molar refractivity (Wildman–Crippen MR) is 108 cm³/mol. The predicted octanol–water partition coefficient (Wildman–Crippen LogP) is 6.30. The maximum atomic E-state index is 3.27. The molecule has 0 atom stereocenters. The van der Waals surface area contributed by atoms with Crippen molar-refractivity contribution in [3.8, 4) is 23.7 Å². The first-order chi connectivity index (χ1) is 11.1. The Morgan fingerprint density at radius 1 is 0.792 bits per heavy atom. The highest BCUT2D eigenvalue weighted by atomic mass is 14.0. The van der Waals surface area contributed by atoms with Crippen molar-refractivity contribution >= 4 is 0 Å². The van der Waals surface area contributed by atoms with Gasteiger partial charge in [-0.05, 0) is 62.1 Å². The first kappa shape index (κ1) is 21.6. The first-order valence-corrected chi connectivity index (χ1v) is 8.29. The molecule has 126 valence electrons. The topological polar surface area (TPSA) is 0 Å². The van der Waals surface area contributed by atoms with Crippen molar-refractivity contribution in [2.45, 2.75) is 55.4 Å². The van der Waals surface area contributed by atoms with Crippen LogP contribution in [0.25, 0.3) is 0 Å². The van der Waals surface area contributed by atoms with E-state index in [9.17, 15) is 0 Å². The first-order valence-electron chi connectivity index (χ1n) is 8.29. The van der Waals surface area contributed by atoms with E-state index in [1.54, 1.807) is 0 Å². The van der Waals surface area contributed by atoms with Gasteiger partial charge in [0, 0.05) is 16.7 Å². The molecule has 0 bridgehead atoms. The summed E-state index contributed by atoms with van der Waals surface area (Å²) >= 11 is 0. The minimum atomic E-state index is 0. The molecule has 0 aliphatic rings. The van der Waals surface area contributed by atoms with E-state index < -0.39 is 0 Å². The molecule has 0 aliphatic carbocycles. The van der Waals surface area contributed by atoms with Crippen LogP contribution in [0.1, 0.15) is 68.5 Å². The van der Waals surface area contributed by atoms with Crippen LogP contribution >= 0.6 is 0 Å². The SMILES string of the molecule is C.CC.CC#Cc1cc(C#Cc2ccc(CC)cc2)c(C)cc1C. The van der Waals surface area contributed by atoms with Gasteiger partial charge in [0.2, 0.25) is 0 Å². The lowest BCUT2D eigenvalue weighted by Crippen LogP contribution is -1.89. The van der Waals surface area contributed by atoms with Crippen LogP contribution in [0.3, 0.4) is 0 Å². The van der Waals surface area contributed by atoms with Crippen molar-refractivity contribution in [3.05, 3.63) is 69.8 Å². The number of hydrogen-bond donors (Lipinski definition) is 0. The second kappa shape index (κ2) is 11.2. The van der Waals surface area contributed by atoms with Crippen LogP contribution < -0.4 is 0 Å². The fourth-order valence-electron chi connectivity index (χ4n) is 2.22. The Balaban J connectivity index is 0.00000170. The van der Waals surface area contributed by atoms with Gasteiger partial charge >= 0.3 is 0 Å². The van der Waals surface area contributed by atoms with Crippen molar-refractivity contribution in [1.29, 1.82) is 0 Å². The van der Waals surface area contributed by atoms with E-state index in [0.717, 1.165) is 23.1 Å². The highest BCUT2D eigenvalue weighted by Crippen LogP contribution is 2.15. The van der Waals surface area contributed by atoms with Gasteiger partial charge in [-0.25, -0.2) is 0 Å². The summed E-state index contributed by atoms with van der Waals surface area (Å²) in [6.07, 6.45) is 1.06. The third kappa shape index (κ3) is 5.98. The summed E-state index contributed by atoms with van der Waals surface area (Å²) in [5.74, 6) is 12.6. The number of benzene rings is 2. The van der Waals surface area contributed by atoms with Gasteiger partial charge in [0.15, 0.2) is 0 Å². The van der Waals surface area contributed by atoms with Crippen molar-refractivity contribution in [1.82, 2.24) is 0 Å². The summed E-state index contributed by atoms with van der Waals surface area (Å²) in [5, 5.41) is 0. The lowest BCUT2D eigenvalue weighted by Gasteiger charge is -2.03. The normalized spacial score (nSPS) is 8.42. The van der Waals surface area contributed by atoms with Crippen LogP contribution in [0.5, 0.6) is 0 Å². The molecule has 0 aromatic heterocycles. The zero-order valence-electron chi connectivity index (χ0n) is 15.2. The van der Waals surface area contributed by atoms with Crippen LogP contribution in [-0.4, -0.2) is 0 Å². The van der Waals surface area contributed by atoms with Gasteiger partial charge in [0.05, 0.1) is 0 Å². The molecule has 0 N–H and O–H groups in total. The fraction of sp³-hybridized carbons (Fsp3) is 0.333. The Labute approximate surface area is 149 Å². The number of rotatable bonds is 1. The minimum Gasteiger partial charge on any atom is -0.101 e. The summed E-state index contributed by atoms with van der Waals surface area (Å²) in [7, 11) is 0. The molecular weight excluding hydrogens is 288 g/mol. The Hall–Kier alpha value is -2.44. The molecule has 0 heterocycles. The van der Waals surface area contributed by atoms with Crippen molar-refractivity contribution in [3.63, 3.8) is 0 Å². The van der Waals surface area contributed by atoms with Gasteiger partial charge in [-0.3, -0.25) is 0 Å². The Bertz CT molecular complexity index is 754. The molecule has 0 heteroatoms. The largest absolute Gasteiger partial charge is 0.101 e. The average molecular weight is 319 g/mol. The molecule has 0 amide bonds. The molecule has 2 aromatic carbocycles. The van der Waals surface area contributed by atoms with Crippen molar-refractivity contribution in [2.24, 2.45) is 0 Å². The highest BCUT2D eigenvalue weighted by Gasteiger charge is 2.01. The number of hydrogen-bond acceptors (Lipinski definition) is 0. The monoisotopic (exact) mass is 318 g/mol. The summed E-state index contributed by atoms with van der Waals surface area (Å²) in [4.78, 5) is 0. The molecule has 0 saturated heterocycles. The second-order valence-electron chi connectivity index (χ2n) is 5.16. The standard InChI is InChI=1S/C21H20.C2H6.CH4/c1-5-7-20-15-21(17(4)14-16(20)3)13-12-19-10-8-18(6-2)9-11-19;1-2;/h8-11,14-15H,6H2,1-4H3;1-2H3;1H4. The molecule has 24 heavy (non-hydrogen) atoms. The quantitative estimate of drug-likeness (QED) is 0.541. The lowest BCUT2D eigenvalue weighted by atomic mass is 10.00. The smallest absolute Gasteiger partial charge is 0.0290 e. The van der Waals surface area contributed by atoms with Gasteiger partial charge in [0.1, 0.15) is 0 Å². The Morgan fingerprint density at radius 2 is 1.33 bits per heavy atom. The molecule has 0 nitrogen and oxygen atoms in total. The summed E-state index contributed by atoms with van der Waals surface area (Å²) in [5.41, 5.74) is 6.92. The van der Waals surface area contributed by atoms with Crippen LogP contribution in [0, 0.1) is 37.5 Å². The van der Waals surface area contributed by atoms with E-state index in [0.29, 0.717) is 0 Å². The fourth-order valence-corrected chi connectivity index (χ4v) is 2.22. The Morgan fingerprint density at radius 3 is 1.83 bits per heavy atom. The summed E-state index contributed by atoms with van der Waals surface area (Å²) < 4.78 is 0. The maximum Gasteiger partial charge on any atom is 0.0290 e. The third-order valence-corrected chi connectivity index (χ3v) is 3.53. The maximum absolute atomic E-state index is 3.27. The van der Waals surface area contributed by atoms with Gasteiger partial charge in [-0.2, -0.15) is 0 Å². The molecule has 0 unspecified atom stereocenters. The van der Waals surface area contributed by atoms with E-state index in [4.69, 9.17) is 0 Å². The van der Waals surface area contributed by atoms with E-state index in [1.807, 2.05) is 20.8 Å². The van der Waals surface area contributed by atoms with E-state index in [-0.39, 0.29) is 7.43 Å². The second-order valence-corrected chi connectivity index (χ2v) is 5.16. The lowest BCUT2D eigenvalue weighted by molar-refractivity contribution is 1.14. The summed E-state index contributed by atoms with van der Waals surface area (Å²) in [6.45, 7) is 12.2. The van der Waals surface area contributed by atoms with E-state index in [1.165, 1.54) is 16.7 Å². The van der Waals surface area contributed by atoms with Crippen LogP contribution in [0.4, 0.5) is 0 Å². The highest BCUT2D eigenvalue weighted by molar-refractivity contribution is 5.53. The molecule has 0 fully saturated rings. The van der Waals surface area contributed by atoms with Crippen LogP contribution in [-0.2, 0) is 6.42 Å². The van der Waals surface area contributed by atoms with Crippen LogP contribution in [0.15, 0.2) is 36.4 Å². The molecular formula is C24H30. The van der Waals surface area contributed by atoms with Gasteiger partial charge in [-0.15, -0.1) is 5.92 Å². The van der Waals surface area contributed by atoms with Crippen molar-refractivity contribution in [2.75, 3.05) is 0 Å². The molecule has 2 aromatic rings. The van der Waals surface area contributed by atoms with Gasteiger partial charge in [0.25, 0.3) is 0 Å². The minimum absolute atomic E-state index is 0. The number of aryl methyl sites for hydroxylation is 3. The zero-order chi connectivity index (χ0) is 17.2. The zero-order valence-corrected chi connectivity index (χ0v) is 15.2.